The molecule has 1 heterocycles. The van der Waals surface area contributed by atoms with Gasteiger partial charge >= 0.3 is 0 Å². The van der Waals surface area contributed by atoms with Crippen LogP contribution < -0.4 is 4.31 Å². The summed E-state index contributed by atoms with van der Waals surface area (Å²) >= 11 is 0. The Kier molecular flexibility index (Phi) is 5.05. The van der Waals surface area contributed by atoms with E-state index < -0.39 is 10.0 Å². The second kappa shape index (κ2) is 7.11. The molecule has 2 aromatic carbocycles. The summed E-state index contributed by atoms with van der Waals surface area (Å²) in [5.74, 6) is -0.0374. The molecular weight excluding hydrogens is 348 g/mol. The van der Waals surface area contributed by atoms with E-state index in [4.69, 9.17) is 0 Å². The van der Waals surface area contributed by atoms with E-state index in [-0.39, 0.29) is 11.9 Å². The maximum atomic E-state index is 12.9. The highest BCUT2D eigenvalue weighted by Crippen LogP contribution is 2.35. The Morgan fingerprint density at radius 2 is 1.88 bits per heavy atom. The summed E-state index contributed by atoms with van der Waals surface area (Å²) in [6.45, 7) is 5.01. The third-order valence-electron chi connectivity index (χ3n) is 4.72. The van der Waals surface area contributed by atoms with Crippen molar-refractivity contribution in [2.24, 2.45) is 0 Å². The summed E-state index contributed by atoms with van der Waals surface area (Å²) < 4.78 is 25.5. The number of anilines is 1. The second-order valence-electron chi connectivity index (χ2n) is 6.76. The maximum Gasteiger partial charge on any atom is 0.254 e. The first-order chi connectivity index (χ1) is 12.3. The van der Waals surface area contributed by atoms with Gasteiger partial charge in [-0.15, -0.1) is 0 Å². The summed E-state index contributed by atoms with van der Waals surface area (Å²) in [7, 11) is -3.32. The molecule has 2 aromatic rings. The van der Waals surface area contributed by atoms with Gasteiger partial charge in [-0.05, 0) is 49.6 Å². The first-order valence-corrected chi connectivity index (χ1v) is 10.6. The number of amides is 1. The molecule has 0 aliphatic carbocycles. The number of hydrogen-bond donors (Lipinski definition) is 0. The summed E-state index contributed by atoms with van der Waals surface area (Å²) in [6.07, 6.45) is 1.84. The minimum Gasteiger partial charge on any atom is -0.335 e. The number of carbonyl (C=O) groups excluding carboxylic acids is 1. The summed E-state index contributed by atoms with van der Waals surface area (Å²) in [5.41, 5.74) is 3.28. The van der Waals surface area contributed by atoms with Gasteiger partial charge in [0, 0.05) is 24.7 Å². The molecule has 0 aromatic heterocycles. The molecule has 0 fully saturated rings. The molecule has 1 aliphatic rings. The van der Waals surface area contributed by atoms with Crippen molar-refractivity contribution in [1.29, 1.82) is 0 Å². The number of carbonyl (C=O) groups is 1. The van der Waals surface area contributed by atoms with Crippen LogP contribution in [0.2, 0.25) is 0 Å². The highest BCUT2D eigenvalue weighted by molar-refractivity contribution is 7.92. The molecule has 0 saturated heterocycles. The van der Waals surface area contributed by atoms with Crippen molar-refractivity contribution in [2.75, 3.05) is 17.1 Å². The summed E-state index contributed by atoms with van der Waals surface area (Å²) in [6, 6.07) is 15.1. The van der Waals surface area contributed by atoms with Crippen molar-refractivity contribution in [1.82, 2.24) is 4.90 Å². The Labute approximate surface area is 155 Å². The lowest BCUT2D eigenvalue weighted by Gasteiger charge is -2.23. The monoisotopic (exact) mass is 372 g/mol. The second-order valence-corrected chi connectivity index (χ2v) is 8.62. The van der Waals surface area contributed by atoms with E-state index in [2.05, 4.69) is 0 Å². The smallest absolute Gasteiger partial charge is 0.254 e. The first kappa shape index (κ1) is 18.5. The highest BCUT2D eigenvalue weighted by Gasteiger charge is 2.33. The molecule has 26 heavy (non-hydrogen) atoms. The lowest BCUT2D eigenvalue weighted by molar-refractivity contribution is 0.0752. The molecular formula is C20H24N2O3S. The molecule has 6 heteroatoms. The first-order valence-electron chi connectivity index (χ1n) is 8.76. The summed E-state index contributed by atoms with van der Waals surface area (Å²) in [4.78, 5) is 14.7. The third kappa shape index (κ3) is 3.60. The Balaban J connectivity index is 1.86. The van der Waals surface area contributed by atoms with Crippen LogP contribution in [0.3, 0.4) is 0 Å². The van der Waals surface area contributed by atoms with Crippen molar-refractivity contribution in [3.63, 3.8) is 0 Å². The van der Waals surface area contributed by atoms with Crippen molar-refractivity contribution in [2.45, 2.75) is 32.9 Å². The van der Waals surface area contributed by atoms with Gasteiger partial charge < -0.3 is 4.90 Å². The standard InChI is InChI=1S/C20H24N2O3S/c1-4-21(14-16-8-6-5-7-9-16)20(23)17-10-11-19-18(13-17)12-15(2)22(19)26(3,24)25/h5-11,13,15H,4,12,14H2,1-3H3/t15-/m0/s1. The Bertz CT molecular complexity index is 910. The van der Waals surface area contributed by atoms with Gasteiger partial charge in [-0.3, -0.25) is 9.10 Å². The number of nitrogens with zero attached hydrogens (tertiary/aromatic N) is 2. The van der Waals surface area contributed by atoms with E-state index in [9.17, 15) is 13.2 Å². The topological polar surface area (TPSA) is 57.7 Å². The zero-order chi connectivity index (χ0) is 18.9. The molecule has 0 bridgehead atoms. The quantitative estimate of drug-likeness (QED) is 0.810. The van der Waals surface area contributed by atoms with Crippen LogP contribution in [0.1, 0.15) is 35.3 Å². The minimum atomic E-state index is -3.32. The van der Waals surface area contributed by atoms with Crippen molar-refractivity contribution >= 4 is 21.6 Å². The molecule has 138 valence electrons. The van der Waals surface area contributed by atoms with Crippen LogP contribution in [0.4, 0.5) is 5.69 Å². The van der Waals surface area contributed by atoms with E-state index >= 15 is 0 Å². The van der Waals surface area contributed by atoms with E-state index in [1.54, 1.807) is 17.0 Å². The maximum absolute atomic E-state index is 12.9. The lowest BCUT2D eigenvalue weighted by atomic mass is 10.1. The van der Waals surface area contributed by atoms with Crippen LogP contribution in [-0.2, 0) is 23.0 Å². The normalized spacial score (nSPS) is 16.4. The van der Waals surface area contributed by atoms with Crippen LogP contribution >= 0.6 is 0 Å². The molecule has 5 nitrogen and oxygen atoms in total. The van der Waals surface area contributed by atoms with Gasteiger partial charge in [-0.2, -0.15) is 0 Å². The fraction of sp³-hybridized carbons (Fsp3) is 0.350. The van der Waals surface area contributed by atoms with Crippen LogP contribution in [-0.4, -0.2) is 38.1 Å². The molecule has 0 saturated carbocycles. The van der Waals surface area contributed by atoms with Gasteiger partial charge in [-0.25, -0.2) is 8.42 Å². The zero-order valence-electron chi connectivity index (χ0n) is 15.3. The molecule has 0 N–H and O–H groups in total. The number of rotatable bonds is 5. The predicted octanol–water partition coefficient (Wildman–Crippen LogP) is 3.06. The van der Waals surface area contributed by atoms with Gasteiger partial charge in [0.05, 0.1) is 11.9 Å². The molecule has 1 aliphatic heterocycles. The molecule has 1 amide bonds. The fourth-order valence-corrected chi connectivity index (χ4v) is 4.82. The van der Waals surface area contributed by atoms with Gasteiger partial charge in [0.15, 0.2) is 0 Å². The Morgan fingerprint density at radius 1 is 1.19 bits per heavy atom. The van der Waals surface area contributed by atoms with E-state index in [0.717, 1.165) is 11.1 Å². The van der Waals surface area contributed by atoms with Crippen LogP contribution in [0.25, 0.3) is 0 Å². The number of benzene rings is 2. The lowest BCUT2D eigenvalue weighted by Crippen LogP contribution is -2.34. The van der Waals surface area contributed by atoms with Crippen molar-refractivity contribution < 1.29 is 13.2 Å². The van der Waals surface area contributed by atoms with Crippen LogP contribution in [0.5, 0.6) is 0 Å². The largest absolute Gasteiger partial charge is 0.335 e. The van der Waals surface area contributed by atoms with Crippen LogP contribution in [0.15, 0.2) is 48.5 Å². The number of fused-ring (bicyclic) bond motifs is 1. The molecule has 0 radical (unpaired) electrons. The highest BCUT2D eigenvalue weighted by atomic mass is 32.2. The SMILES string of the molecule is CCN(Cc1ccccc1)C(=O)c1ccc2c(c1)C[C@H](C)N2S(C)(=O)=O. The van der Waals surface area contributed by atoms with E-state index in [0.29, 0.717) is 30.8 Å². The average molecular weight is 372 g/mol. The number of hydrogen-bond acceptors (Lipinski definition) is 3. The Hall–Kier alpha value is -2.34. The van der Waals surface area contributed by atoms with Gasteiger partial charge in [0.1, 0.15) is 0 Å². The van der Waals surface area contributed by atoms with Crippen molar-refractivity contribution in [3.05, 3.63) is 65.2 Å². The Morgan fingerprint density at radius 3 is 2.50 bits per heavy atom. The minimum absolute atomic E-state index is 0.0374. The van der Waals surface area contributed by atoms with Crippen molar-refractivity contribution in [3.8, 4) is 0 Å². The molecule has 0 unspecified atom stereocenters. The summed E-state index contributed by atoms with van der Waals surface area (Å²) in [5, 5.41) is 0. The van der Waals surface area contributed by atoms with Gasteiger partial charge in [0.2, 0.25) is 10.0 Å². The molecule has 3 rings (SSSR count). The molecule has 1 atom stereocenters. The van der Waals surface area contributed by atoms with Crippen LogP contribution in [0, 0.1) is 0 Å². The van der Waals surface area contributed by atoms with E-state index in [1.807, 2.05) is 50.2 Å². The molecule has 0 spiro atoms. The predicted molar refractivity (Wildman–Crippen MR) is 104 cm³/mol. The fourth-order valence-electron chi connectivity index (χ4n) is 3.55. The third-order valence-corrected chi connectivity index (χ3v) is 5.99. The van der Waals surface area contributed by atoms with Gasteiger partial charge in [-0.1, -0.05) is 30.3 Å². The average Bonchev–Trinajstić information content (AvgIpc) is 2.95. The van der Waals surface area contributed by atoms with E-state index in [1.165, 1.54) is 10.6 Å². The number of sulfonamides is 1. The van der Waals surface area contributed by atoms with Gasteiger partial charge in [0.25, 0.3) is 5.91 Å². The zero-order valence-corrected chi connectivity index (χ0v) is 16.2.